The predicted octanol–water partition coefficient (Wildman–Crippen LogP) is 2.00. The highest BCUT2D eigenvalue weighted by atomic mass is 31.1. The molecule has 3 atom stereocenters. The van der Waals surface area contributed by atoms with E-state index in [0.29, 0.717) is 30.5 Å². The number of hydrogen-bond donors (Lipinski definition) is 2. The van der Waals surface area contributed by atoms with Gasteiger partial charge < -0.3 is 14.9 Å². The van der Waals surface area contributed by atoms with E-state index in [1.807, 2.05) is 35.0 Å². The highest BCUT2D eigenvalue weighted by molar-refractivity contribution is 7.33. The molecule has 0 spiro atoms. The van der Waals surface area contributed by atoms with E-state index in [4.69, 9.17) is 9.05 Å². The Balaban J connectivity index is 4.45. The topological polar surface area (TPSA) is 84.9 Å². The van der Waals surface area contributed by atoms with Gasteiger partial charge in [0.05, 0.1) is 33.3 Å². The van der Waals surface area contributed by atoms with Gasteiger partial charge in [0.2, 0.25) is 5.91 Å². The van der Waals surface area contributed by atoms with E-state index < -0.39 is 20.4 Å². The van der Waals surface area contributed by atoms with E-state index in [2.05, 4.69) is 5.32 Å². The number of carbonyl (C=O) groups excluding carboxylic acids is 1. The lowest BCUT2D eigenvalue weighted by atomic mass is 10.1. The molecular weight excluding hydrogens is 331 g/mol. The number of quaternary nitrogens is 1. The molecule has 0 fully saturated rings. The van der Waals surface area contributed by atoms with Crippen LogP contribution in [0.5, 0.6) is 0 Å². The van der Waals surface area contributed by atoms with Gasteiger partial charge in [-0.15, -0.1) is 9.05 Å². The molecule has 0 saturated carbocycles. The van der Waals surface area contributed by atoms with Crippen molar-refractivity contribution in [3.8, 4) is 0 Å². The quantitative estimate of drug-likeness (QED) is 0.297. The highest BCUT2D eigenvalue weighted by Gasteiger charge is 2.28. The molecule has 7 nitrogen and oxygen atoms in total. The SMILES string of the molecule is CC/C=C/[C@@H](O)[C@H](CO[P+](=O)OCC[N+](C)(C)C)NC(=O)CCC. The van der Waals surface area contributed by atoms with E-state index in [1.54, 1.807) is 12.2 Å². The fraction of sp³-hybridized carbons (Fsp3) is 0.812. The second kappa shape index (κ2) is 12.5. The Morgan fingerprint density at radius 1 is 1.29 bits per heavy atom. The highest BCUT2D eigenvalue weighted by Crippen LogP contribution is 2.24. The van der Waals surface area contributed by atoms with E-state index in [9.17, 15) is 14.5 Å². The lowest BCUT2D eigenvalue weighted by molar-refractivity contribution is -0.870. The Hall–Kier alpha value is -0.850. The average molecular weight is 364 g/mol. The number of rotatable bonds is 13. The number of allylic oxidation sites excluding steroid dienone is 1. The predicted molar refractivity (Wildman–Crippen MR) is 94.7 cm³/mol. The Morgan fingerprint density at radius 2 is 1.96 bits per heavy atom. The minimum atomic E-state index is -2.28. The lowest BCUT2D eigenvalue weighted by Gasteiger charge is -2.22. The zero-order valence-corrected chi connectivity index (χ0v) is 16.4. The molecule has 8 heteroatoms. The summed E-state index contributed by atoms with van der Waals surface area (Å²) in [5, 5.41) is 12.8. The summed E-state index contributed by atoms with van der Waals surface area (Å²) in [4.78, 5) is 11.8. The van der Waals surface area contributed by atoms with Crippen LogP contribution in [0.1, 0.15) is 33.1 Å². The van der Waals surface area contributed by atoms with Crippen molar-refractivity contribution in [1.29, 1.82) is 0 Å². The summed E-state index contributed by atoms with van der Waals surface area (Å²) < 4.78 is 22.8. The number of nitrogens with one attached hydrogen (secondary N) is 1. The van der Waals surface area contributed by atoms with Crippen LogP contribution >= 0.6 is 8.25 Å². The molecule has 0 aliphatic heterocycles. The first-order chi connectivity index (χ1) is 11.2. The van der Waals surface area contributed by atoms with Crippen LogP contribution in [0.15, 0.2) is 12.2 Å². The Labute approximate surface area is 146 Å². The van der Waals surface area contributed by atoms with Crippen LogP contribution in [0.3, 0.4) is 0 Å². The van der Waals surface area contributed by atoms with Crippen molar-refractivity contribution in [3.63, 3.8) is 0 Å². The summed E-state index contributed by atoms with van der Waals surface area (Å²) in [6.07, 6.45) is 4.36. The van der Waals surface area contributed by atoms with Gasteiger partial charge in [0, 0.05) is 11.0 Å². The number of amides is 1. The standard InChI is InChI=1S/C16H32N2O5P/c1-6-8-10-15(19)14(17-16(20)9-7-2)13-23-24(21)22-12-11-18(3,4)5/h8,10,14-15,19H,6-7,9,11-13H2,1-5H3/q+1/p+1/b10-8+/t14-,15+/m0/s1. The maximum Gasteiger partial charge on any atom is 0.697 e. The van der Waals surface area contributed by atoms with Gasteiger partial charge >= 0.3 is 8.25 Å². The third-order valence-corrected chi connectivity index (χ3v) is 3.88. The Morgan fingerprint density at radius 3 is 2.50 bits per heavy atom. The van der Waals surface area contributed by atoms with Crippen LogP contribution < -0.4 is 5.32 Å². The summed E-state index contributed by atoms with van der Waals surface area (Å²) in [6.45, 7) is 4.77. The van der Waals surface area contributed by atoms with Crippen LogP contribution in [-0.4, -0.2) is 68.5 Å². The van der Waals surface area contributed by atoms with Crippen LogP contribution in [0.4, 0.5) is 0 Å². The molecule has 0 heterocycles. The van der Waals surface area contributed by atoms with Gasteiger partial charge in [0.15, 0.2) is 6.61 Å². The molecule has 0 saturated heterocycles. The van der Waals surface area contributed by atoms with E-state index in [0.717, 1.165) is 6.42 Å². The molecule has 24 heavy (non-hydrogen) atoms. The van der Waals surface area contributed by atoms with Gasteiger partial charge in [0.1, 0.15) is 13.2 Å². The Bertz CT molecular complexity index is 410. The fourth-order valence-electron chi connectivity index (χ4n) is 1.71. The monoisotopic (exact) mass is 364 g/mol. The lowest BCUT2D eigenvalue weighted by Crippen LogP contribution is -2.45. The minimum absolute atomic E-state index is 0.0791. The normalized spacial score (nSPS) is 15.3. The van der Waals surface area contributed by atoms with Crippen molar-refractivity contribution in [2.24, 2.45) is 0 Å². The number of likely N-dealkylation sites (N-methyl/N-ethyl adjacent to an activating group) is 1. The van der Waals surface area contributed by atoms with Gasteiger partial charge in [-0.2, -0.15) is 0 Å². The molecule has 0 bridgehead atoms. The van der Waals surface area contributed by atoms with Crippen molar-refractivity contribution in [3.05, 3.63) is 12.2 Å². The number of nitrogens with zero attached hydrogens (tertiary/aromatic N) is 1. The maximum atomic E-state index is 11.8. The molecule has 1 amide bonds. The second-order valence-electron chi connectivity index (χ2n) is 6.62. The molecule has 0 aliphatic rings. The molecule has 1 unspecified atom stereocenters. The van der Waals surface area contributed by atoms with Crippen LogP contribution in [0.2, 0.25) is 0 Å². The molecule has 0 aromatic heterocycles. The molecule has 0 rings (SSSR count). The van der Waals surface area contributed by atoms with Gasteiger partial charge in [0.25, 0.3) is 0 Å². The van der Waals surface area contributed by atoms with Crippen molar-refractivity contribution >= 4 is 14.2 Å². The third kappa shape index (κ3) is 12.6. The summed E-state index contributed by atoms with van der Waals surface area (Å²) in [5.41, 5.74) is 0. The molecular formula is C16H33N2O5P+2. The van der Waals surface area contributed by atoms with Crippen molar-refractivity contribution < 1.29 is 28.0 Å². The van der Waals surface area contributed by atoms with Crippen molar-refractivity contribution in [1.82, 2.24) is 5.32 Å². The average Bonchev–Trinajstić information content (AvgIpc) is 2.47. The fourth-order valence-corrected chi connectivity index (χ4v) is 2.30. The zero-order chi connectivity index (χ0) is 18.6. The number of hydrogen-bond acceptors (Lipinski definition) is 5. The Kier molecular flexibility index (Phi) is 12.1. The number of aliphatic hydroxyl groups is 1. The first-order valence-corrected chi connectivity index (χ1v) is 9.46. The first kappa shape index (κ1) is 23.1. The summed E-state index contributed by atoms with van der Waals surface area (Å²) in [5.74, 6) is -0.170. The molecule has 0 radical (unpaired) electrons. The van der Waals surface area contributed by atoms with Gasteiger partial charge in [-0.1, -0.05) is 26.0 Å². The van der Waals surface area contributed by atoms with E-state index >= 15 is 0 Å². The largest absolute Gasteiger partial charge is 0.697 e. The molecule has 0 aliphatic carbocycles. The van der Waals surface area contributed by atoms with Crippen molar-refractivity contribution in [2.45, 2.75) is 45.3 Å². The third-order valence-electron chi connectivity index (χ3n) is 3.12. The van der Waals surface area contributed by atoms with Crippen LogP contribution in [-0.2, 0) is 18.4 Å². The molecule has 2 N–H and O–H groups in total. The van der Waals surface area contributed by atoms with E-state index in [1.165, 1.54) is 0 Å². The summed E-state index contributed by atoms with van der Waals surface area (Å²) in [6, 6.07) is -0.659. The van der Waals surface area contributed by atoms with Gasteiger partial charge in [-0.3, -0.25) is 4.79 Å². The molecule has 140 valence electrons. The van der Waals surface area contributed by atoms with Gasteiger partial charge in [-0.05, 0) is 12.8 Å². The first-order valence-electron chi connectivity index (χ1n) is 8.37. The zero-order valence-electron chi connectivity index (χ0n) is 15.5. The van der Waals surface area contributed by atoms with Gasteiger partial charge in [-0.25, -0.2) is 0 Å². The minimum Gasteiger partial charge on any atom is -0.387 e. The summed E-state index contributed by atoms with van der Waals surface area (Å²) in [7, 11) is 3.74. The number of aliphatic hydroxyl groups excluding tert-OH is 1. The van der Waals surface area contributed by atoms with Crippen LogP contribution in [0.25, 0.3) is 0 Å². The maximum absolute atomic E-state index is 11.8. The van der Waals surface area contributed by atoms with Crippen molar-refractivity contribution in [2.75, 3.05) is 40.9 Å². The van der Waals surface area contributed by atoms with Crippen LogP contribution in [0, 0.1) is 0 Å². The van der Waals surface area contributed by atoms with E-state index in [-0.39, 0.29) is 12.5 Å². The smallest absolute Gasteiger partial charge is 0.387 e. The summed E-state index contributed by atoms with van der Waals surface area (Å²) >= 11 is 0. The second-order valence-corrected chi connectivity index (χ2v) is 7.58. The molecule has 0 aromatic carbocycles. The molecule has 0 aromatic rings. The number of carbonyl (C=O) groups is 1.